The number of benzene rings is 2. The highest BCUT2D eigenvalue weighted by Crippen LogP contribution is 2.32. The molecule has 2 aliphatic carbocycles. The molecule has 0 atom stereocenters. The molecule has 2 aromatic rings. The van der Waals surface area contributed by atoms with E-state index in [0.717, 1.165) is 0 Å². The Morgan fingerprint density at radius 2 is 1.17 bits per heavy atom. The van der Waals surface area contributed by atoms with Crippen LogP contribution in [-0.4, -0.2) is 0 Å². The average Bonchev–Trinajstić information content (AvgIpc) is 2.80. The number of hydrogen-bond donors (Lipinski definition) is 0. The summed E-state index contributed by atoms with van der Waals surface area (Å²) in [4.78, 5) is 0. The predicted molar refractivity (Wildman–Crippen MR) is 78.1 cm³/mol. The third-order valence-corrected chi connectivity index (χ3v) is 3.61. The van der Waals surface area contributed by atoms with Gasteiger partial charge in [0, 0.05) is 0 Å². The molecule has 0 amide bonds. The molecule has 2 aromatic carbocycles. The van der Waals surface area contributed by atoms with Crippen LogP contribution in [0, 0.1) is 0 Å². The topological polar surface area (TPSA) is 0 Å². The molecule has 0 saturated carbocycles. The van der Waals surface area contributed by atoms with Gasteiger partial charge >= 0.3 is 0 Å². The lowest BCUT2D eigenvalue weighted by atomic mass is 10.0. The first-order chi connectivity index (χ1) is 8.92. The van der Waals surface area contributed by atoms with Crippen molar-refractivity contribution in [2.24, 2.45) is 0 Å². The van der Waals surface area contributed by atoms with Crippen molar-refractivity contribution in [3.8, 4) is 11.1 Å². The molecular formula is C18H12. The van der Waals surface area contributed by atoms with Crippen LogP contribution in [0.5, 0.6) is 0 Å². The third kappa shape index (κ3) is 1.32. The summed E-state index contributed by atoms with van der Waals surface area (Å²) in [6.07, 6.45) is 0. The fourth-order valence-electron chi connectivity index (χ4n) is 2.71. The Bertz CT molecular complexity index is 827. The molecule has 0 aromatic heterocycles. The Hall–Kier alpha value is -2.34. The maximum absolute atomic E-state index is 2.30. The lowest BCUT2D eigenvalue weighted by Gasteiger charge is -2.02. The maximum atomic E-state index is 2.30. The van der Waals surface area contributed by atoms with Gasteiger partial charge in [0.1, 0.15) is 0 Å². The predicted octanol–water partition coefficient (Wildman–Crippen LogP) is 5.10. The molecule has 18 heavy (non-hydrogen) atoms. The largest absolute Gasteiger partial charge is 0.0616 e. The van der Waals surface area contributed by atoms with Crippen molar-refractivity contribution in [3.05, 3.63) is 72.8 Å². The summed E-state index contributed by atoms with van der Waals surface area (Å²) in [5, 5.41) is 5.24. The summed E-state index contributed by atoms with van der Waals surface area (Å²) < 4.78 is 0. The van der Waals surface area contributed by atoms with Crippen molar-refractivity contribution in [2.45, 2.75) is 0 Å². The Morgan fingerprint density at radius 1 is 0.500 bits per heavy atom. The Morgan fingerprint density at radius 3 is 2.00 bits per heavy atom. The van der Waals surface area contributed by atoms with E-state index in [1.165, 1.54) is 32.7 Å². The van der Waals surface area contributed by atoms with Crippen LogP contribution in [0.1, 0.15) is 0 Å². The zero-order valence-electron chi connectivity index (χ0n) is 9.93. The van der Waals surface area contributed by atoms with Crippen molar-refractivity contribution in [3.63, 3.8) is 0 Å². The van der Waals surface area contributed by atoms with E-state index >= 15 is 0 Å². The monoisotopic (exact) mass is 228 g/mol. The molecule has 4 rings (SSSR count). The summed E-state index contributed by atoms with van der Waals surface area (Å²) in [6, 6.07) is 26.1. The second-order valence-electron chi connectivity index (χ2n) is 4.71. The number of fused-ring (bicyclic) bond motifs is 4. The lowest BCUT2D eigenvalue weighted by Crippen LogP contribution is -1.75. The SMILES string of the molecule is c1cc2cccc3cc4ccccc4cc3c-2c1. The molecule has 0 bridgehead atoms. The second kappa shape index (κ2) is 3.58. The van der Waals surface area contributed by atoms with Gasteiger partial charge in [0.2, 0.25) is 0 Å². The van der Waals surface area contributed by atoms with Gasteiger partial charge in [-0.05, 0) is 44.8 Å². The number of rotatable bonds is 0. The van der Waals surface area contributed by atoms with Crippen LogP contribution in [0.4, 0.5) is 0 Å². The van der Waals surface area contributed by atoms with E-state index in [-0.39, 0.29) is 0 Å². The molecule has 0 nitrogen and oxygen atoms in total. The van der Waals surface area contributed by atoms with Gasteiger partial charge in [-0.15, -0.1) is 0 Å². The molecule has 0 fully saturated rings. The van der Waals surface area contributed by atoms with E-state index in [0.29, 0.717) is 0 Å². The molecule has 0 saturated heterocycles. The Labute approximate surface area is 106 Å². The summed E-state index contributed by atoms with van der Waals surface area (Å²) in [6.45, 7) is 0. The fourth-order valence-corrected chi connectivity index (χ4v) is 2.71. The normalized spacial score (nSPS) is 11.3. The van der Waals surface area contributed by atoms with E-state index in [1.54, 1.807) is 0 Å². The minimum absolute atomic E-state index is 1.30. The molecule has 0 unspecified atom stereocenters. The van der Waals surface area contributed by atoms with Crippen molar-refractivity contribution >= 4 is 21.5 Å². The highest BCUT2D eigenvalue weighted by atomic mass is 14.1. The van der Waals surface area contributed by atoms with Gasteiger partial charge in [0.25, 0.3) is 0 Å². The van der Waals surface area contributed by atoms with Gasteiger partial charge in [-0.1, -0.05) is 60.7 Å². The minimum Gasteiger partial charge on any atom is -0.0616 e. The van der Waals surface area contributed by atoms with E-state index in [4.69, 9.17) is 0 Å². The van der Waals surface area contributed by atoms with Crippen LogP contribution >= 0.6 is 0 Å². The Balaban J connectivity index is 2.25. The minimum atomic E-state index is 1.30. The first-order valence-electron chi connectivity index (χ1n) is 6.22. The van der Waals surface area contributed by atoms with Crippen LogP contribution in [0.15, 0.2) is 72.8 Å². The molecule has 0 radical (unpaired) electrons. The molecule has 0 N–H and O–H groups in total. The van der Waals surface area contributed by atoms with Crippen LogP contribution in [-0.2, 0) is 0 Å². The number of hydrogen-bond acceptors (Lipinski definition) is 0. The molecule has 0 heteroatoms. The first-order valence-corrected chi connectivity index (χ1v) is 6.22. The van der Waals surface area contributed by atoms with Gasteiger partial charge in [0.15, 0.2) is 0 Å². The molecule has 0 aliphatic heterocycles. The van der Waals surface area contributed by atoms with Crippen LogP contribution in [0.3, 0.4) is 0 Å². The highest BCUT2D eigenvalue weighted by Gasteiger charge is 2.05. The van der Waals surface area contributed by atoms with Gasteiger partial charge in [-0.25, -0.2) is 0 Å². The van der Waals surface area contributed by atoms with Crippen molar-refractivity contribution in [1.29, 1.82) is 0 Å². The van der Waals surface area contributed by atoms with E-state index < -0.39 is 0 Å². The summed E-state index contributed by atoms with van der Waals surface area (Å²) in [5.74, 6) is 0. The summed E-state index contributed by atoms with van der Waals surface area (Å²) in [7, 11) is 0. The fraction of sp³-hybridized carbons (Fsp3) is 0. The summed E-state index contributed by atoms with van der Waals surface area (Å²) >= 11 is 0. The van der Waals surface area contributed by atoms with Crippen LogP contribution in [0.2, 0.25) is 0 Å². The molecular weight excluding hydrogens is 216 g/mol. The zero-order chi connectivity index (χ0) is 11.9. The van der Waals surface area contributed by atoms with Gasteiger partial charge in [0.05, 0.1) is 0 Å². The Kier molecular flexibility index (Phi) is 1.92. The van der Waals surface area contributed by atoms with Gasteiger partial charge in [-0.2, -0.15) is 0 Å². The van der Waals surface area contributed by atoms with E-state index in [2.05, 4.69) is 72.8 Å². The van der Waals surface area contributed by atoms with Crippen molar-refractivity contribution < 1.29 is 0 Å². The molecule has 84 valence electrons. The van der Waals surface area contributed by atoms with Crippen molar-refractivity contribution in [2.75, 3.05) is 0 Å². The maximum Gasteiger partial charge on any atom is -0.00990 e. The zero-order valence-corrected chi connectivity index (χ0v) is 9.93. The molecule has 0 heterocycles. The standard InChI is InChI=1S/C18H12/c1-2-6-15-12-18-16(11-14(15)5-1)9-3-7-13-8-4-10-17(13)18/h1-12H. The molecule has 2 aliphatic rings. The highest BCUT2D eigenvalue weighted by molar-refractivity contribution is 6.04. The van der Waals surface area contributed by atoms with Gasteiger partial charge < -0.3 is 0 Å². The van der Waals surface area contributed by atoms with Crippen LogP contribution < -0.4 is 0 Å². The van der Waals surface area contributed by atoms with E-state index in [9.17, 15) is 0 Å². The van der Waals surface area contributed by atoms with Crippen molar-refractivity contribution in [1.82, 2.24) is 0 Å². The third-order valence-electron chi connectivity index (χ3n) is 3.61. The summed E-state index contributed by atoms with van der Waals surface area (Å²) in [5.41, 5.74) is 2.64. The second-order valence-corrected chi connectivity index (χ2v) is 4.71. The average molecular weight is 228 g/mol. The smallest absolute Gasteiger partial charge is 0.00990 e. The quantitative estimate of drug-likeness (QED) is 0.393. The van der Waals surface area contributed by atoms with Gasteiger partial charge in [-0.3, -0.25) is 0 Å². The molecule has 0 spiro atoms. The lowest BCUT2D eigenvalue weighted by molar-refractivity contribution is 1.80. The van der Waals surface area contributed by atoms with E-state index in [1.807, 2.05) is 0 Å². The first kappa shape index (κ1) is 9.67. The van der Waals surface area contributed by atoms with Crippen LogP contribution in [0.25, 0.3) is 32.7 Å².